The van der Waals surface area contributed by atoms with Crippen molar-refractivity contribution in [1.82, 2.24) is 5.32 Å². The smallest absolute Gasteiger partial charge is 0.256 e. The number of hydrogen-bond acceptors (Lipinski definition) is 4. The summed E-state index contributed by atoms with van der Waals surface area (Å²) in [5, 5.41) is 15.6. The highest BCUT2D eigenvalue weighted by molar-refractivity contribution is 8.00. The Hall–Kier alpha value is -2.31. The van der Waals surface area contributed by atoms with Gasteiger partial charge in [0.1, 0.15) is 0 Å². The number of aliphatic hydroxyl groups excluding tert-OH is 1. The van der Waals surface area contributed by atoms with Crippen LogP contribution in [0.5, 0.6) is 0 Å². The molecular formula is C26H30N2O3S. The summed E-state index contributed by atoms with van der Waals surface area (Å²) < 4.78 is 0. The molecule has 4 fully saturated rings. The van der Waals surface area contributed by atoms with E-state index < -0.39 is 0 Å². The fourth-order valence-electron chi connectivity index (χ4n) is 6.46. The van der Waals surface area contributed by atoms with Gasteiger partial charge in [-0.05, 0) is 86.1 Å². The average molecular weight is 451 g/mol. The highest BCUT2D eigenvalue weighted by Gasteiger charge is 2.51. The van der Waals surface area contributed by atoms with E-state index in [1.807, 2.05) is 24.3 Å². The zero-order valence-corrected chi connectivity index (χ0v) is 19.0. The zero-order chi connectivity index (χ0) is 22.1. The molecule has 6 heteroatoms. The lowest BCUT2D eigenvalue weighted by Crippen LogP contribution is -2.60. The first-order valence-electron chi connectivity index (χ1n) is 11.6. The number of carbonyl (C=O) groups is 2. The number of nitrogens with one attached hydrogen (secondary N) is 2. The molecule has 32 heavy (non-hydrogen) atoms. The summed E-state index contributed by atoms with van der Waals surface area (Å²) >= 11 is 1.42. The van der Waals surface area contributed by atoms with Gasteiger partial charge in [-0.15, -0.1) is 11.8 Å². The summed E-state index contributed by atoms with van der Waals surface area (Å²) in [6, 6.07) is 14.6. The Morgan fingerprint density at radius 2 is 1.66 bits per heavy atom. The van der Waals surface area contributed by atoms with Gasteiger partial charge in [-0.1, -0.05) is 24.3 Å². The molecule has 0 saturated heterocycles. The molecule has 2 amide bonds. The molecule has 168 valence electrons. The van der Waals surface area contributed by atoms with Crippen molar-refractivity contribution >= 4 is 29.3 Å². The Morgan fingerprint density at radius 3 is 2.34 bits per heavy atom. The molecule has 0 aromatic heterocycles. The molecule has 4 aliphatic rings. The maximum atomic E-state index is 12.9. The molecule has 6 rings (SSSR count). The molecule has 0 radical (unpaired) electrons. The van der Waals surface area contributed by atoms with Crippen LogP contribution >= 0.6 is 11.8 Å². The van der Waals surface area contributed by atoms with Crippen LogP contribution in [0, 0.1) is 17.8 Å². The number of amides is 2. The van der Waals surface area contributed by atoms with Gasteiger partial charge < -0.3 is 15.7 Å². The lowest BCUT2D eigenvalue weighted by molar-refractivity contribution is -0.124. The van der Waals surface area contributed by atoms with Crippen LogP contribution in [-0.4, -0.2) is 28.2 Å². The molecule has 0 atom stereocenters. The molecule has 3 N–H and O–H groups in total. The van der Waals surface area contributed by atoms with E-state index in [0.29, 0.717) is 17.0 Å². The largest absolute Gasteiger partial charge is 0.392 e. The molecule has 0 aliphatic heterocycles. The number of hydrogen-bond donors (Lipinski definition) is 3. The molecule has 0 heterocycles. The maximum Gasteiger partial charge on any atom is 0.256 e. The van der Waals surface area contributed by atoms with Gasteiger partial charge in [-0.3, -0.25) is 9.59 Å². The normalized spacial score (nSPS) is 27.8. The summed E-state index contributed by atoms with van der Waals surface area (Å²) in [7, 11) is 0. The molecule has 2 aromatic carbocycles. The van der Waals surface area contributed by atoms with Crippen molar-refractivity contribution in [2.75, 3.05) is 11.1 Å². The quantitative estimate of drug-likeness (QED) is 0.539. The fraction of sp³-hybridized carbons (Fsp3) is 0.462. The number of carbonyl (C=O) groups excluding carboxylic acids is 2. The van der Waals surface area contributed by atoms with Gasteiger partial charge in [0.15, 0.2) is 0 Å². The number of rotatable bonds is 7. The Morgan fingerprint density at radius 1 is 0.969 bits per heavy atom. The SMILES string of the molecule is O=C(CSc1ccccc1C(=O)Nc1cccc(CO)c1)NC12CC3CC(CC(C3)C1)C2. The van der Waals surface area contributed by atoms with Crippen LogP contribution in [0.1, 0.15) is 54.4 Å². The van der Waals surface area contributed by atoms with E-state index in [0.717, 1.165) is 47.5 Å². The van der Waals surface area contributed by atoms with E-state index in [-0.39, 0.29) is 24.0 Å². The Bertz CT molecular complexity index is 986. The molecule has 4 saturated carbocycles. The van der Waals surface area contributed by atoms with Crippen LogP contribution in [0.3, 0.4) is 0 Å². The zero-order valence-electron chi connectivity index (χ0n) is 18.2. The van der Waals surface area contributed by atoms with Crippen molar-refractivity contribution in [3.8, 4) is 0 Å². The molecule has 4 bridgehead atoms. The topological polar surface area (TPSA) is 78.4 Å². The third-order valence-corrected chi connectivity index (χ3v) is 8.37. The molecule has 0 spiro atoms. The second-order valence-electron chi connectivity index (χ2n) is 9.84. The van der Waals surface area contributed by atoms with Gasteiger partial charge in [0.25, 0.3) is 5.91 Å². The van der Waals surface area contributed by atoms with Crippen molar-refractivity contribution in [2.45, 2.75) is 55.6 Å². The number of aliphatic hydroxyl groups is 1. The van der Waals surface area contributed by atoms with Gasteiger partial charge >= 0.3 is 0 Å². The number of anilines is 1. The molecular weight excluding hydrogens is 420 g/mol. The minimum absolute atomic E-state index is 0.0149. The first-order chi connectivity index (χ1) is 15.5. The van der Waals surface area contributed by atoms with E-state index >= 15 is 0 Å². The van der Waals surface area contributed by atoms with Crippen molar-refractivity contribution in [1.29, 1.82) is 0 Å². The maximum absolute atomic E-state index is 12.9. The minimum Gasteiger partial charge on any atom is -0.392 e. The first kappa shape index (κ1) is 21.5. The van der Waals surface area contributed by atoms with E-state index in [1.54, 1.807) is 24.3 Å². The van der Waals surface area contributed by atoms with E-state index in [1.165, 1.54) is 31.0 Å². The first-order valence-corrected chi connectivity index (χ1v) is 12.5. The summed E-state index contributed by atoms with van der Waals surface area (Å²) in [6.07, 6.45) is 7.48. The van der Waals surface area contributed by atoms with Crippen LogP contribution in [0.4, 0.5) is 5.69 Å². The predicted molar refractivity (Wildman–Crippen MR) is 127 cm³/mol. The van der Waals surface area contributed by atoms with Gasteiger partial charge in [0, 0.05) is 16.1 Å². The lowest BCUT2D eigenvalue weighted by atomic mass is 9.53. The molecule has 4 aliphatic carbocycles. The second kappa shape index (κ2) is 8.91. The molecule has 2 aromatic rings. The Kier molecular flexibility index (Phi) is 5.99. The van der Waals surface area contributed by atoms with Crippen molar-refractivity contribution in [3.63, 3.8) is 0 Å². The van der Waals surface area contributed by atoms with Crippen LogP contribution in [0.2, 0.25) is 0 Å². The number of thioether (sulfide) groups is 1. The third kappa shape index (κ3) is 4.57. The fourth-order valence-corrected chi connectivity index (χ4v) is 7.31. The summed E-state index contributed by atoms with van der Waals surface area (Å²) in [5.41, 5.74) is 1.95. The highest BCUT2D eigenvalue weighted by Crippen LogP contribution is 2.55. The predicted octanol–water partition coefficient (Wildman–Crippen LogP) is 4.61. The molecule has 0 unspecified atom stereocenters. The summed E-state index contributed by atoms with van der Waals surface area (Å²) in [4.78, 5) is 26.6. The monoisotopic (exact) mass is 450 g/mol. The standard InChI is InChI=1S/C26H30N2O3S/c29-15-17-4-3-5-21(11-17)27-25(31)22-6-1-2-7-23(22)32-16-24(30)28-26-12-18-8-19(13-26)10-20(9-18)14-26/h1-7,11,18-20,29H,8-10,12-16H2,(H,27,31)(H,28,30). The van der Waals surface area contributed by atoms with E-state index in [2.05, 4.69) is 10.6 Å². The average Bonchev–Trinajstić information content (AvgIpc) is 2.76. The van der Waals surface area contributed by atoms with Gasteiger partial charge in [-0.2, -0.15) is 0 Å². The highest BCUT2D eigenvalue weighted by atomic mass is 32.2. The second-order valence-corrected chi connectivity index (χ2v) is 10.9. The van der Waals surface area contributed by atoms with Crippen molar-refractivity contribution < 1.29 is 14.7 Å². The van der Waals surface area contributed by atoms with Gasteiger partial charge in [-0.25, -0.2) is 0 Å². The van der Waals surface area contributed by atoms with Crippen molar-refractivity contribution in [3.05, 3.63) is 59.7 Å². The minimum atomic E-state index is -0.218. The Balaban J connectivity index is 1.22. The van der Waals surface area contributed by atoms with Gasteiger partial charge in [0.05, 0.1) is 17.9 Å². The van der Waals surface area contributed by atoms with E-state index in [9.17, 15) is 14.7 Å². The van der Waals surface area contributed by atoms with Crippen LogP contribution < -0.4 is 10.6 Å². The Labute approximate surface area is 193 Å². The van der Waals surface area contributed by atoms with Crippen LogP contribution in [0.25, 0.3) is 0 Å². The molecule has 5 nitrogen and oxygen atoms in total. The van der Waals surface area contributed by atoms with Crippen molar-refractivity contribution in [2.24, 2.45) is 17.8 Å². The van der Waals surface area contributed by atoms with E-state index in [4.69, 9.17) is 0 Å². The van der Waals surface area contributed by atoms with Crippen LogP contribution in [-0.2, 0) is 11.4 Å². The lowest BCUT2D eigenvalue weighted by Gasteiger charge is -2.56. The summed E-state index contributed by atoms with van der Waals surface area (Å²) in [6.45, 7) is -0.0744. The summed E-state index contributed by atoms with van der Waals surface area (Å²) in [5.74, 6) is 2.55. The van der Waals surface area contributed by atoms with Crippen LogP contribution in [0.15, 0.2) is 53.4 Å². The third-order valence-electron chi connectivity index (χ3n) is 7.30. The van der Waals surface area contributed by atoms with Gasteiger partial charge in [0.2, 0.25) is 5.91 Å². The number of benzene rings is 2.